The standard InChI is InChI=1S/C74H132O6/c1-4-7-10-13-16-19-22-25-28-31-34-36-37-39-40-43-46-49-52-55-58-61-64-67-73(76)79-70-71(69-78-72(75)66-63-60-57-54-51-48-45-42-33-30-27-24-21-18-15-12-9-6-3)80-74(77)68-65-62-59-56-53-50-47-44-41-38-35-32-29-26-23-20-17-14-11-8-5-2/h8,11,17,20-21,24,26,29-30,33,35,38,71H,4-7,9-10,12-16,18-19,22-23,25,27-28,31-32,34,36-37,39-70H2,1-3H3/b11-8-,20-17-,24-21-,29-26-,33-30-,38-35-. The molecule has 0 aromatic carbocycles. The van der Waals surface area contributed by atoms with E-state index in [0.29, 0.717) is 19.3 Å². The molecule has 0 aliphatic rings. The van der Waals surface area contributed by atoms with Crippen molar-refractivity contribution in [3.63, 3.8) is 0 Å². The molecular formula is C74H132O6. The van der Waals surface area contributed by atoms with Gasteiger partial charge in [0.15, 0.2) is 6.10 Å². The maximum atomic E-state index is 13.0. The Kier molecular flexibility index (Phi) is 65.7. The van der Waals surface area contributed by atoms with Crippen LogP contribution in [0.25, 0.3) is 0 Å². The Hall–Kier alpha value is -3.15. The Morgan fingerprint density at radius 3 is 0.775 bits per heavy atom. The number of carbonyl (C=O) groups is 3. The van der Waals surface area contributed by atoms with Crippen LogP contribution >= 0.6 is 0 Å². The van der Waals surface area contributed by atoms with Crippen LogP contribution in [-0.4, -0.2) is 37.2 Å². The summed E-state index contributed by atoms with van der Waals surface area (Å²) >= 11 is 0. The lowest BCUT2D eigenvalue weighted by Gasteiger charge is -2.18. The fourth-order valence-electron chi connectivity index (χ4n) is 10.2. The minimum Gasteiger partial charge on any atom is -0.462 e. The molecule has 0 saturated heterocycles. The molecule has 1 atom stereocenters. The van der Waals surface area contributed by atoms with Gasteiger partial charge in [0.2, 0.25) is 0 Å². The van der Waals surface area contributed by atoms with Crippen LogP contribution in [0.15, 0.2) is 72.9 Å². The zero-order chi connectivity index (χ0) is 57.8. The predicted octanol–water partition coefficient (Wildman–Crippen LogP) is 24.1. The first-order valence-electron chi connectivity index (χ1n) is 34.9. The van der Waals surface area contributed by atoms with Crippen LogP contribution in [0.4, 0.5) is 0 Å². The van der Waals surface area contributed by atoms with Crippen LogP contribution in [0.1, 0.15) is 361 Å². The highest BCUT2D eigenvalue weighted by Crippen LogP contribution is 2.18. The van der Waals surface area contributed by atoms with Crippen molar-refractivity contribution in [1.82, 2.24) is 0 Å². The first-order valence-corrected chi connectivity index (χ1v) is 34.9. The van der Waals surface area contributed by atoms with Crippen molar-refractivity contribution in [3.05, 3.63) is 72.9 Å². The molecule has 0 spiro atoms. The molecule has 0 saturated carbocycles. The van der Waals surface area contributed by atoms with Crippen molar-refractivity contribution < 1.29 is 28.6 Å². The summed E-state index contributed by atoms with van der Waals surface area (Å²) in [7, 11) is 0. The number of hydrogen-bond donors (Lipinski definition) is 0. The van der Waals surface area contributed by atoms with Crippen molar-refractivity contribution in [2.24, 2.45) is 0 Å². The molecule has 0 aliphatic carbocycles. The van der Waals surface area contributed by atoms with Crippen molar-refractivity contribution in [2.45, 2.75) is 367 Å². The normalized spacial score (nSPS) is 12.5. The number of allylic oxidation sites excluding steroid dienone is 12. The Bertz CT molecular complexity index is 1470. The highest BCUT2D eigenvalue weighted by molar-refractivity contribution is 5.71. The maximum absolute atomic E-state index is 13.0. The van der Waals surface area contributed by atoms with Crippen molar-refractivity contribution >= 4 is 17.9 Å². The summed E-state index contributed by atoms with van der Waals surface area (Å²) in [6, 6.07) is 0. The molecule has 0 heterocycles. The summed E-state index contributed by atoms with van der Waals surface area (Å²) in [5.41, 5.74) is 0. The van der Waals surface area contributed by atoms with Gasteiger partial charge in [0, 0.05) is 19.3 Å². The first-order chi connectivity index (χ1) is 39.5. The monoisotopic (exact) mass is 1120 g/mol. The zero-order valence-electron chi connectivity index (χ0n) is 53.3. The SMILES string of the molecule is CC/C=C\C/C=C\C/C=C\C/C=C\CCCCCCCCCCC(=O)OC(COC(=O)CCCCCCCCC/C=C\C/C=C\CCCCCC)COC(=O)CCCCCCCCCCCCCCCCCCCCCCCCC. The lowest BCUT2D eigenvalue weighted by molar-refractivity contribution is -0.167. The van der Waals surface area contributed by atoms with E-state index in [0.717, 1.165) is 103 Å². The van der Waals surface area contributed by atoms with Gasteiger partial charge in [-0.05, 0) is 89.9 Å². The van der Waals surface area contributed by atoms with E-state index in [1.165, 1.54) is 218 Å². The van der Waals surface area contributed by atoms with E-state index >= 15 is 0 Å². The van der Waals surface area contributed by atoms with Gasteiger partial charge in [-0.25, -0.2) is 0 Å². The Morgan fingerprint density at radius 2 is 0.487 bits per heavy atom. The third-order valence-electron chi connectivity index (χ3n) is 15.4. The fourth-order valence-corrected chi connectivity index (χ4v) is 10.2. The molecular weight excluding hydrogens is 985 g/mol. The molecule has 0 aliphatic heterocycles. The van der Waals surface area contributed by atoms with E-state index in [-0.39, 0.29) is 31.1 Å². The molecule has 6 heteroatoms. The zero-order valence-corrected chi connectivity index (χ0v) is 53.3. The molecule has 0 aromatic rings. The van der Waals surface area contributed by atoms with E-state index in [2.05, 4.69) is 93.7 Å². The minimum absolute atomic E-state index is 0.0779. The van der Waals surface area contributed by atoms with Gasteiger partial charge >= 0.3 is 17.9 Å². The number of carbonyl (C=O) groups excluding carboxylic acids is 3. The molecule has 0 aromatic heterocycles. The number of unbranched alkanes of at least 4 members (excludes halogenated alkanes) is 41. The average molecular weight is 1120 g/mol. The Morgan fingerprint density at radius 1 is 0.263 bits per heavy atom. The van der Waals surface area contributed by atoms with E-state index in [4.69, 9.17) is 14.2 Å². The van der Waals surface area contributed by atoms with Crippen LogP contribution in [0.2, 0.25) is 0 Å². The quantitative estimate of drug-likeness (QED) is 0.0261. The molecule has 80 heavy (non-hydrogen) atoms. The number of rotatable bonds is 64. The summed E-state index contributed by atoms with van der Waals surface area (Å²) in [6.45, 7) is 6.56. The highest BCUT2D eigenvalue weighted by Gasteiger charge is 2.19. The molecule has 0 N–H and O–H groups in total. The van der Waals surface area contributed by atoms with Crippen molar-refractivity contribution in [1.29, 1.82) is 0 Å². The van der Waals surface area contributed by atoms with E-state index in [1.54, 1.807) is 0 Å². The van der Waals surface area contributed by atoms with E-state index in [1.807, 2.05) is 0 Å². The van der Waals surface area contributed by atoms with Crippen molar-refractivity contribution in [3.8, 4) is 0 Å². The molecule has 0 bridgehead atoms. The summed E-state index contributed by atoms with van der Waals surface area (Å²) in [5, 5.41) is 0. The lowest BCUT2D eigenvalue weighted by Crippen LogP contribution is -2.30. The van der Waals surface area contributed by atoms with Gasteiger partial charge < -0.3 is 14.2 Å². The van der Waals surface area contributed by atoms with E-state index in [9.17, 15) is 14.4 Å². The van der Waals surface area contributed by atoms with Crippen LogP contribution < -0.4 is 0 Å². The van der Waals surface area contributed by atoms with Crippen LogP contribution in [0.5, 0.6) is 0 Å². The van der Waals surface area contributed by atoms with Crippen LogP contribution in [-0.2, 0) is 28.6 Å². The summed E-state index contributed by atoms with van der Waals surface area (Å²) in [4.78, 5) is 38.5. The molecule has 464 valence electrons. The van der Waals surface area contributed by atoms with Gasteiger partial charge in [0.1, 0.15) is 13.2 Å². The Balaban J connectivity index is 4.35. The molecule has 0 radical (unpaired) electrons. The third-order valence-corrected chi connectivity index (χ3v) is 15.4. The minimum atomic E-state index is -0.784. The maximum Gasteiger partial charge on any atom is 0.306 e. The predicted molar refractivity (Wildman–Crippen MR) is 348 cm³/mol. The summed E-state index contributed by atoms with van der Waals surface area (Å²) in [6.07, 6.45) is 89.2. The molecule has 6 nitrogen and oxygen atoms in total. The molecule has 0 rings (SSSR count). The largest absolute Gasteiger partial charge is 0.462 e. The third kappa shape index (κ3) is 65.7. The second kappa shape index (κ2) is 68.3. The van der Waals surface area contributed by atoms with Gasteiger partial charge in [-0.1, -0.05) is 325 Å². The summed E-state index contributed by atoms with van der Waals surface area (Å²) in [5.74, 6) is -0.872. The van der Waals surface area contributed by atoms with Gasteiger partial charge in [-0.2, -0.15) is 0 Å². The number of ether oxygens (including phenoxy) is 3. The molecule has 0 amide bonds. The second-order valence-electron chi connectivity index (χ2n) is 23.4. The van der Waals surface area contributed by atoms with Gasteiger partial charge in [-0.3, -0.25) is 14.4 Å². The lowest BCUT2D eigenvalue weighted by atomic mass is 10.0. The topological polar surface area (TPSA) is 78.9 Å². The van der Waals surface area contributed by atoms with Crippen molar-refractivity contribution in [2.75, 3.05) is 13.2 Å². The van der Waals surface area contributed by atoms with Gasteiger partial charge in [0.05, 0.1) is 0 Å². The summed E-state index contributed by atoms with van der Waals surface area (Å²) < 4.78 is 17.0. The van der Waals surface area contributed by atoms with Crippen LogP contribution in [0, 0.1) is 0 Å². The Labute approximate surface area is 497 Å². The number of esters is 3. The van der Waals surface area contributed by atoms with Crippen LogP contribution in [0.3, 0.4) is 0 Å². The van der Waals surface area contributed by atoms with Gasteiger partial charge in [0.25, 0.3) is 0 Å². The average Bonchev–Trinajstić information content (AvgIpc) is 3.46. The highest BCUT2D eigenvalue weighted by atomic mass is 16.6. The first kappa shape index (κ1) is 76.9. The fraction of sp³-hybridized carbons (Fsp3) is 0.797. The molecule has 0 fully saturated rings. The molecule has 1 unspecified atom stereocenters. The van der Waals surface area contributed by atoms with E-state index < -0.39 is 6.10 Å². The second-order valence-corrected chi connectivity index (χ2v) is 23.4. The van der Waals surface area contributed by atoms with Gasteiger partial charge in [-0.15, -0.1) is 0 Å². The smallest absolute Gasteiger partial charge is 0.306 e. The number of hydrogen-bond acceptors (Lipinski definition) is 6.